The van der Waals surface area contributed by atoms with E-state index in [-0.39, 0.29) is 17.4 Å². The number of alkyl halides is 3. The van der Waals surface area contributed by atoms with Gasteiger partial charge in [0.15, 0.2) is 5.82 Å². The number of piperidine rings is 1. The minimum atomic E-state index is -4.83. The van der Waals surface area contributed by atoms with Gasteiger partial charge in [-0.05, 0) is 44.0 Å². The van der Waals surface area contributed by atoms with Gasteiger partial charge in [-0.2, -0.15) is 9.29 Å². The van der Waals surface area contributed by atoms with Gasteiger partial charge in [0.2, 0.25) is 15.9 Å². The summed E-state index contributed by atoms with van der Waals surface area (Å²) in [6.45, 7) is 2.16. The van der Waals surface area contributed by atoms with Crippen LogP contribution in [0.5, 0.6) is 5.75 Å². The third kappa shape index (κ3) is 4.15. The van der Waals surface area contributed by atoms with E-state index >= 15 is 0 Å². The Kier molecular flexibility index (Phi) is 4.93. The van der Waals surface area contributed by atoms with Crippen molar-refractivity contribution in [1.82, 2.24) is 14.4 Å². The highest BCUT2D eigenvalue weighted by Gasteiger charge is 2.34. The summed E-state index contributed by atoms with van der Waals surface area (Å²) in [5.41, 5.74) is 0. The molecule has 2 aromatic rings. The quantitative estimate of drug-likeness (QED) is 0.797. The summed E-state index contributed by atoms with van der Waals surface area (Å²) in [7, 11) is -3.85. The van der Waals surface area contributed by atoms with Crippen molar-refractivity contribution in [3.63, 3.8) is 0 Å². The van der Waals surface area contributed by atoms with Crippen molar-refractivity contribution in [3.8, 4) is 5.75 Å². The normalized spacial score (nSPS) is 19.5. The van der Waals surface area contributed by atoms with Crippen molar-refractivity contribution in [2.75, 3.05) is 13.1 Å². The SMILES string of the molecule is Cc1noc(C2CCCN(S(=O)(=O)c3ccc(OC(F)(F)F)cc3)C2)n1. The molecule has 1 fully saturated rings. The van der Waals surface area contributed by atoms with Crippen LogP contribution in [0.15, 0.2) is 33.7 Å². The van der Waals surface area contributed by atoms with Crippen molar-refractivity contribution in [3.05, 3.63) is 36.0 Å². The highest BCUT2D eigenvalue weighted by Crippen LogP contribution is 2.30. The number of aromatic nitrogens is 2. The molecule has 26 heavy (non-hydrogen) atoms. The molecule has 0 aliphatic carbocycles. The maximum atomic E-state index is 12.8. The van der Waals surface area contributed by atoms with Crippen molar-refractivity contribution in [1.29, 1.82) is 0 Å². The lowest BCUT2D eigenvalue weighted by atomic mass is 10.00. The largest absolute Gasteiger partial charge is 0.573 e. The Morgan fingerprint density at radius 2 is 1.96 bits per heavy atom. The van der Waals surface area contributed by atoms with Crippen molar-refractivity contribution in [2.24, 2.45) is 0 Å². The fourth-order valence-electron chi connectivity index (χ4n) is 2.80. The Hall–Kier alpha value is -2.14. The smallest absolute Gasteiger partial charge is 0.406 e. The molecule has 0 N–H and O–H groups in total. The lowest BCUT2D eigenvalue weighted by molar-refractivity contribution is -0.274. The van der Waals surface area contributed by atoms with Crippen LogP contribution in [0.1, 0.15) is 30.5 Å². The van der Waals surface area contributed by atoms with E-state index in [0.29, 0.717) is 31.1 Å². The zero-order chi connectivity index (χ0) is 18.9. The number of benzene rings is 1. The van der Waals surface area contributed by atoms with E-state index < -0.39 is 22.1 Å². The van der Waals surface area contributed by atoms with Crippen LogP contribution in [0.3, 0.4) is 0 Å². The molecule has 1 unspecified atom stereocenters. The topological polar surface area (TPSA) is 85.5 Å². The summed E-state index contributed by atoms with van der Waals surface area (Å²) in [5.74, 6) is 0.165. The van der Waals surface area contributed by atoms with Gasteiger partial charge >= 0.3 is 6.36 Å². The predicted molar refractivity (Wildman–Crippen MR) is 82.9 cm³/mol. The maximum Gasteiger partial charge on any atom is 0.573 e. The minimum Gasteiger partial charge on any atom is -0.406 e. The molecule has 1 saturated heterocycles. The summed E-state index contributed by atoms with van der Waals surface area (Å²) in [4.78, 5) is 4.04. The molecule has 1 aromatic heterocycles. The minimum absolute atomic E-state index is 0.102. The molecule has 11 heteroatoms. The molecular weight excluding hydrogens is 375 g/mol. The molecule has 7 nitrogen and oxygen atoms in total. The molecule has 0 bridgehead atoms. The van der Waals surface area contributed by atoms with E-state index in [9.17, 15) is 21.6 Å². The number of ether oxygens (including phenoxy) is 1. The number of aryl methyl sites for hydroxylation is 1. The molecule has 0 spiro atoms. The second-order valence-corrected chi connectivity index (χ2v) is 7.84. The third-order valence-electron chi connectivity index (χ3n) is 3.97. The van der Waals surface area contributed by atoms with Gasteiger partial charge in [0.25, 0.3) is 0 Å². The van der Waals surface area contributed by atoms with E-state index in [1.807, 2.05) is 0 Å². The second-order valence-electron chi connectivity index (χ2n) is 5.90. The first-order chi connectivity index (χ1) is 12.1. The molecule has 1 aromatic carbocycles. The van der Waals surface area contributed by atoms with Crippen LogP contribution in [0.25, 0.3) is 0 Å². The number of rotatable bonds is 4. The predicted octanol–water partition coefficient (Wildman–Crippen LogP) is 2.84. The average molecular weight is 391 g/mol. The zero-order valence-electron chi connectivity index (χ0n) is 13.7. The first kappa shape index (κ1) is 18.6. The third-order valence-corrected chi connectivity index (χ3v) is 5.85. The van der Waals surface area contributed by atoms with Crippen LogP contribution in [0.2, 0.25) is 0 Å². The number of hydrogen-bond acceptors (Lipinski definition) is 6. The van der Waals surface area contributed by atoms with Gasteiger partial charge in [-0.15, -0.1) is 13.2 Å². The Morgan fingerprint density at radius 3 is 2.54 bits per heavy atom. The van der Waals surface area contributed by atoms with Gasteiger partial charge in [-0.3, -0.25) is 0 Å². The number of nitrogens with zero attached hydrogens (tertiary/aromatic N) is 3. The van der Waals surface area contributed by atoms with E-state index in [0.717, 1.165) is 24.3 Å². The standard InChI is InChI=1S/C15H16F3N3O4S/c1-10-19-14(25-20-10)11-3-2-8-21(9-11)26(22,23)13-6-4-12(5-7-13)24-15(16,17)18/h4-7,11H,2-3,8-9H2,1H3. The van der Waals surface area contributed by atoms with Crippen molar-refractivity contribution in [2.45, 2.75) is 36.9 Å². The van der Waals surface area contributed by atoms with E-state index in [1.165, 1.54) is 4.31 Å². The van der Waals surface area contributed by atoms with Gasteiger partial charge in [0.1, 0.15) is 5.75 Å². The lowest BCUT2D eigenvalue weighted by Crippen LogP contribution is -2.39. The molecule has 142 valence electrons. The fraction of sp³-hybridized carbons (Fsp3) is 0.467. The average Bonchev–Trinajstić information content (AvgIpc) is 3.00. The summed E-state index contributed by atoms with van der Waals surface area (Å²) >= 11 is 0. The van der Waals surface area contributed by atoms with Crippen LogP contribution in [0, 0.1) is 6.92 Å². The summed E-state index contributed by atoms with van der Waals surface area (Å²) in [5, 5.41) is 3.72. The highest BCUT2D eigenvalue weighted by atomic mass is 32.2. The lowest BCUT2D eigenvalue weighted by Gasteiger charge is -2.30. The Morgan fingerprint density at radius 1 is 1.27 bits per heavy atom. The number of sulfonamides is 1. The van der Waals surface area contributed by atoms with Crippen molar-refractivity contribution < 1.29 is 30.8 Å². The van der Waals surface area contributed by atoms with Crippen LogP contribution < -0.4 is 4.74 Å². The first-order valence-electron chi connectivity index (χ1n) is 7.81. The molecule has 1 aliphatic rings. The maximum absolute atomic E-state index is 12.8. The van der Waals surface area contributed by atoms with Crippen LogP contribution >= 0.6 is 0 Å². The Labute approximate surface area is 147 Å². The van der Waals surface area contributed by atoms with E-state index in [4.69, 9.17) is 4.52 Å². The van der Waals surface area contributed by atoms with Gasteiger partial charge in [0, 0.05) is 13.1 Å². The van der Waals surface area contributed by atoms with Crippen molar-refractivity contribution >= 4 is 10.0 Å². The molecule has 1 aliphatic heterocycles. The Bertz CT molecular complexity index is 865. The number of halogens is 3. The van der Waals surface area contributed by atoms with Gasteiger partial charge in [0.05, 0.1) is 10.8 Å². The van der Waals surface area contributed by atoms with E-state index in [1.54, 1.807) is 6.92 Å². The Balaban J connectivity index is 1.76. The molecule has 2 heterocycles. The first-order valence-corrected chi connectivity index (χ1v) is 9.25. The van der Waals surface area contributed by atoms with Crippen LogP contribution in [0.4, 0.5) is 13.2 Å². The summed E-state index contributed by atoms with van der Waals surface area (Å²) < 4.78 is 72.3. The van der Waals surface area contributed by atoms with E-state index in [2.05, 4.69) is 14.9 Å². The molecule has 0 saturated carbocycles. The summed E-state index contributed by atoms with van der Waals surface area (Å²) in [6.07, 6.45) is -3.50. The molecular formula is C15H16F3N3O4S. The molecule has 0 amide bonds. The summed E-state index contributed by atoms with van der Waals surface area (Å²) in [6, 6.07) is 4.14. The molecule has 1 atom stereocenters. The van der Waals surface area contributed by atoms with Gasteiger partial charge < -0.3 is 9.26 Å². The monoisotopic (exact) mass is 391 g/mol. The number of hydrogen-bond donors (Lipinski definition) is 0. The molecule has 3 rings (SSSR count). The second kappa shape index (κ2) is 6.88. The fourth-order valence-corrected chi connectivity index (χ4v) is 4.33. The zero-order valence-corrected chi connectivity index (χ0v) is 14.5. The molecule has 0 radical (unpaired) electrons. The van der Waals surface area contributed by atoms with Crippen LogP contribution in [-0.4, -0.2) is 42.3 Å². The van der Waals surface area contributed by atoms with Gasteiger partial charge in [-0.25, -0.2) is 8.42 Å². The highest BCUT2D eigenvalue weighted by molar-refractivity contribution is 7.89. The van der Waals surface area contributed by atoms with Gasteiger partial charge in [-0.1, -0.05) is 5.16 Å². The van der Waals surface area contributed by atoms with Crippen LogP contribution in [-0.2, 0) is 10.0 Å².